The Morgan fingerprint density at radius 3 is 2.19 bits per heavy atom. The second kappa shape index (κ2) is 6.09. The van der Waals surface area contributed by atoms with E-state index < -0.39 is 0 Å². The summed E-state index contributed by atoms with van der Waals surface area (Å²) < 4.78 is 18.7. The predicted molar refractivity (Wildman–Crippen MR) is 98.5 cm³/mol. The van der Waals surface area contributed by atoms with Gasteiger partial charge in [-0.05, 0) is 92.5 Å². The molecule has 1 heterocycles. The van der Waals surface area contributed by atoms with Crippen LogP contribution in [0.4, 0.5) is 4.39 Å². The number of halogens is 1. The molecule has 26 heavy (non-hydrogen) atoms. The van der Waals surface area contributed by atoms with Crippen LogP contribution in [0.2, 0.25) is 0 Å². The molecule has 0 radical (unpaired) electrons. The number of amidine groups is 1. The summed E-state index contributed by atoms with van der Waals surface area (Å²) in [6, 6.07) is 13.9. The highest BCUT2D eigenvalue weighted by Crippen LogP contribution is 2.48. The van der Waals surface area contributed by atoms with E-state index in [4.69, 9.17) is 9.73 Å². The topological polar surface area (TPSA) is 45.6 Å². The number of hydrogen-bond acceptors (Lipinski definition) is 4. The molecule has 3 saturated carbocycles. The summed E-state index contributed by atoms with van der Waals surface area (Å²) in [6.07, 6.45) is 6.41. The molecule has 5 heteroatoms. The maximum atomic E-state index is 13.0. The number of benzene rings is 2. The van der Waals surface area contributed by atoms with Crippen molar-refractivity contribution in [3.8, 4) is 11.5 Å². The van der Waals surface area contributed by atoms with Crippen molar-refractivity contribution in [1.29, 1.82) is 0 Å². The molecule has 134 valence electrons. The van der Waals surface area contributed by atoms with Gasteiger partial charge in [0.2, 0.25) is 0 Å². The van der Waals surface area contributed by atoms with Gasteiger partial charge in [0.15, 0.2) is 0 Å². The Hall–Kier alpha value is -2.40. The van der Waals surface area contributed by atoms with Crippen molar-refractivity contribution >= 4 is 5.84 Å². The smallest absolute Gasteiger partial charge is 0.144 e. The minimum Gasteiger partial charge on any atom is -0.457 e. The minimum absolute atomic E-state index is 0.111. The summed E-state index contributed by atoms with van der Waals surface area (Å²) in [5.74, 6) is 3.43. The molecule has 3 fully saturated rings. The number of nitrogens with one attached hydrogen (secondary N) is 2. The standard InChI is InChI=1S/C21H22FN3O/c22-17-7-11-19(12-8-17)26-18-9-3-15(4-10-18)20-23-21(25-24-20)13-14-1-5-16(21)6-2-14/h3-4,7-12,14,16,25H,1-2,5-6,13H2,(H,23,24)/t14?,16?,21-/m1/s1. The van der Waals surface area contributed by atoms with Crippen LogP contribution in [0, 0.1) is 17.7 Å². The van der Waals surface area contributed by atoms with Crippen LogP contribution in [-0.2, 0) is 0 Å². The van der Waals surface area contributed by atoms with E-state index in [0.717, 1.165) is 29.5 Å². The van der Waals surface area contributed by atoms with Gasteiger partial charge in [0.05, 0.1) is 0 Å². The lowest BCUT2D eigenvalue weighted by molar-refractivity contribution is 0.0506. The van der Waals surface area contributed by atoms with Crippen LogP contribution < -0.4 is 15.6 Å². The maximum absolute atomic E-state index is 13.0. The van der Waals surface area contributed by atoms with Crippen molar-refractivity contribution in [3.63, 3.8) is 0 Å². The van der Waals surface area contributed by atoms with Crippen molar-refractivity contribution in [3.05, 3.63) is 59.9 Å². The molecule has 2 N–H and O–H groups in total. The van der Waals surface area contributed by atoms with Gasteiger partial charge >= 0.3 is 0 Å². The summed E-state index contributed by atoms with van der Waals surface area (Å²) in [7, 11) is 0. The minimum atomic E-state index is -0.268. The first-order chi connectivity index (χ1) is 12.7. The lowest BCUT2D eigenvalue weighted by atomic mass is 9.65. The molecule has 0 aromatic heterocycles. The second-order valence-electron chi connectivity index (χ2n) is 7.64. The van der Waals surface area contributed by atoms with Gasteiger partial charge in [-0.1, -0.05) is 0 Å². The van der Waals surface area contributed by atoms with E-state index in [1.54, 1.807) is 12.1 Å². The third kappa shape index (κ3) is 2.76. The molecule has 3 aliphatic carbocycles. The van der Waals surface area contributed by atoms with Crippen LogP contribution in [-0.4, -0.2) is 11.5 Å². The van der Waals surface area contributed by atoms with E-state index in [-0.39, 0.29) is 11.5 Å². The van der Waals surface area contributed by atoms with Crippen molar-refractivity contribution in [2.45, 2.75) is 37.8 Å². The average molecular weight is 351 g/mol. The van der Waals surface area contributed by atoms with Crippen LogP contribution in [0.25, 0.3) is 0 Å². The van der Waals surface area contributed by atoms with Crippen LogP contribution >= 0.6 is 0 Å². The molecule has 0 unspecified atom stereocenters. The Morgan fingerprint density at radius 2 is 1.58 bits per heavy atom. The summed E-state index contributed by atoms with van der Waals surface area (Å²) in [6.45, 7) is 0. The second-order valence-corrected chi connectivity index (χ2v) is 7.64. The lowest BCUT2D eigenvalue weighted by Crippen LogP contribution is -2.56. The zero-order valence-electron chi connectivity index (χ0n) is 14.5. The highest BCUT2D eigenvalue weighted by atomic mass is 19.1. The van der Waals surface area contributed by atoms with Gasteiger partial charge in [-0.15, -0.1) is 0 Å². The summed E-state index contributed by atoms with van der Waals surface area (Å²) in [5.41, 5.74) is 7.73. The number of rotatable bonds is 3. The Kier molecular flexibility index (Phi) is 3.71. The molecule has 1 spiro atoms. The quantitative estimate of drug-likeness (QED) is 0.863. The molecule has 6 rings (SSSR count). The molecule has 2 aromatic rings. The van der Waals surface area contributed by atoms with Gasteiger partial charge in [0, 0.05) is 5.56 Å². The van der Waals surface area contributed by atoms with Gasteiger partial charge in [-0.3, -0.25) is 0 Å². The third-order valence-electron chi connectivity index (χ3n) is 6.01. The molecular weight excluding hydrogens is 329 g/mol. The Labute approximate surface area is 152 Å². The highest BCUT2D eigenvalue weighted by molar-refractivity contribution is 5.99. The summed E-state index contributed by atoms with van der Waals surface area (Å²) in [4.78, 5) is 5.07. The molecular formula is C21H22FN3O. The van der Waals surface area contributed by atoms with Crippen molar-refractivity contribution in [2.75, 3.05) is 0 Å². The fourth-order valence-electron chi connectivity index (χ4n) is 4.62. The maximum Gasteiger partial charge on any atom is 0.144 e. The lowest BCUT2D eigenvalue weighted by Gasteiger charge is -2.47. The van der Waals surface area contributed by atoms with Crippen molar-refractivity contribution in [2.24, 2.45) is 16.8 Å². The summed E-state index contributed by atoms with van der Waals surface area (Å²) in [5, 5.41) is 0. The number of hydrazine groups is 1. The monoisotopic (exact) mass is 351 g/mol. The molecule has 0 amide bonds. The van der Waals surface area contributed by atoms with E-state index in [1.165, 1.54) is 37.8 Å². The number of aliphatic imine (C=N–C) groups is 1. The van der Waals surface area contributed by atoms with Gasteiger partial charge < -0.3 is 10.2 Å². The van der Waals surface area contributed by atoms with Gasteiger partial charge in [-0.25, -0.2) is 14.8 Å². The molecule has 2 aromatic carbocycles. The van der Waals surface area contributed by atoms with Crippen molar-refractivity contribution in [1.82, 2.24) is 10.9 Å². The number of hydrogen-bond donors (Lipinski definition) is 2. The number of ether oxygens (including phenoxy) is 1. The van der Waals surface area contributed by atoms with E-state index in [9.17, 15) is 4.39 Å². The first-order valence-electron chi connectivity index (χ1n) is 9.37. The predicted octanol–water partition coefficient (Wildman–Crippen LogP) is 4.38. The highest BCUT2D eigenvalue weighted by Gasteiger charge is 2.49. The van der Waals surface area contributed by atoms with E-state index in [2.05, 4.69) is 10.9 Å². The van der Waals surface area contributed by atoms with Crippen LogP contribution in [0.5, 0.6) is 11.5 Å². The Morgan fingerprint density at radius 1 is 0.923 bits per heavy atom. The zero-order chi connectivity index (χ0) is 17.6. The molecule has 1 aliphatic heterocycles. The van der Waals surface area contributed by atoms with Gasteiger partial charge in [0.25, 0.3) is 0 Å². The van der Waals surface area contributed by atoms with Gasteiger partial charge in [-0.2, -0.15) is 0 Å². The Balaban J connectivity index is 1.33. The van der Waals surface area contributed by atoms with Crippen LogP contribution in [0.15, 0.2) is 53.5 Å². The normalized spacial score (nSPS) is 29.5. The van der Waals surface area contributed by atoms with E-state index in [1.807, 2.05) is 24.3 Å². The van der Waals surface area contributed by atoms with Crippen LogP contribution in [0.1, 0.15) is 37.7 Å². The first-order valence-corrected chi connectivity index (χ1v) is 9.37. The average Bonchev–Trinajstić information content (AvgIpc) is 3.09. The van der Waals surface area contributed by atoms with Gasteiger partial charge in [0.1, 0.15) is 28.8 Å². The SMILES string of the molecule is Fc1ccc(Oc2ccc(C3=N[C@]4(CC5CCC4CC5)NN3)cc2)cc1. The van der Waals surface area contributed by atoms with E-state index in [0.29, 0.717) is 11.7 Å². The fourth-order valence-corrected chi connectivity index (χ4v) is 4.62. The molecule has 2 bridgehead atoms. The van der Waals surface area contributed by atoms with E-state index >= 15 is 0 Å². The first kappa shape index (κ1) is 15.8. The zero-order valence-corrected chi connectivity index (χ0v) is 14.5. The fraction of sp³-hybridized carbons (Fsp3) is 0.381. The molecule has 4 nitrogen and oxygen atoms in total. The van der Waals surface area contributed by atoms with Crippen LogP contribution in [0.3, 0.4) is 0 Å². The number of nitrogens with zero attached hydrogens (tertiary/aromatic N) is 1. The van der Waals surface area contributed by atoms with Crippen molar-refractivity contribution < 1.29 is 9.13 Å². The Bertz CT molecular complexity index is 825. The summed E-state index contributed by atoms with van der Waals surface area (Å²) >= 11 is 0. The number of fused-ring (bicyclic) bond motifs is 2. The molecule has 4 aliphatic rings. The molecule has 1 atom stereocenters. The largest absolute Gasteiger partial charge is 0.457 e. The third-order valence-corrected chi connectivity index (χ3v) is 6.01. The molecule has 0 saturated heterocycles.